The molecule has 0 fully saturated rings. The topological polar surface area (TPSA) is 76.7 Å². The Hall–Kier alpha value is -1.34. The number of rotatable bonds is 4. The third kappa shape index (κ3) is 3.57. The molecule has 0 aliphatic carbocycles. The molecular weight excluding hydrogens is 238 g/mol. The smallest absolute Gasteiger partial charge is 0.261 e. The van der Waals surface area contributed by atoms with E-state index in [4.69, 9.17) is 4.42 Å². The fourth-order valence-corrected chi connectivity index (χ4v) is 1.70. The van der Waals surface area contributed by atoms with Crippen LogP contribution < -0.4 is 5.32 Å². The highest BCUT2D eigenvalue weighted by atomic mass is 32.1. The predicted octanol–water partition coefficient (Wildman–Crippen LogP) is 1.52. The van der Waals surface area contributed by atoms with Gasteiger partial charge in [0.15, 0.2) is 0 Å². The van der Waals surface area contributed by atoms with E-state index in [9.17, 15) is 0 Å². The molecule has 2 rings (SSSR count). The van der Waals surface area contributed by atoms with E-state index >= 15 is 0 Å². The molecule has 0 bridgehead atoms. The SMILES string of the molecule is CC(C)(C)NCCc1nnc(-c2cnns2)o1. The minimum atomic E-state index is 0.102. The van der Waals surface area contributed by atoms with Crippen LogP contribution in [0.15, 0.2) is 10.6 Å². The quantitative estimate of drug-likeness (QED) is 0.890. The Morgan fingerprint density at radius 3 is 2.82 bits per heavy atom. The number of hydrogen-bond donors (Lipinski definition) is 1. The molecule has 0 unspecified atom stereocenters. The second-order valence-corrected chi connectivity index (χ2v) is 5.50. The number of hydrogen-bond acceptors (Lipinski definition) is 7. The summed E-state index contributed by atoms with van der Waals surface area (Å²) in [6, 6.07) is 0. The molecule has 0 radical (unpaired) electrons. The molecule has 0 aromatic carbocycles. The summed E-state index contributed by atoms with van der Waals surface area (Å²) in [4.78, 5) is 0.799. The minimum absolute atomic E-state index is 0.102. The molecule has 1 N–H and O–H groups in total. The molecule has 92 valence electrons. The minimum Gasteiger partial charge on any atom is -0.420 e. The maximum Gasteiger partial charge on any atom is 0.261 e. The van der Waals surface area contributed by atoms with E-state index < -0.39 is 0 Å². The lowest BCUT2D eigenvalue weighted by Crippen LogP contribution is -2.37. The van der Waals surface area contributed by atoms with Crippen molar-refractivity contribution in [3.8, 4) is 10.8 Å². The molecule has 0 amide bonds. The molecular formula is C10H15N5OS. The standard InChI is InChI=1S/C10H15N5OS/c1-10(2,3)11-5-4-8-13-14-9(16-8)7-6-12-15-17-7/h6,11H,4-5H2,1-3H3. The van der Waals surface area contributed by atoms with E-state index in [0.29, 0.717) is 11.8 Å². The Bertz CT molecular complexity index is 459. The first-order chi connectivity index (χ1) is 8.04. The van der Waals surface area contributed by atoms with Crippen LogP contribution in [0.2, 0.25) is 0 Å². The third-order valence-corrected chi connectivity index (χ3v) is 2.69. The van der Waals surface area contributed by atoms with Crippen molar-refractivity contribution >= 4 is 11.5 Å². The zero-order valence-electron chi connectivity index (χ0n) is 10.1. The van der Waals surface area contributed by atoms with Crippen LogP contribution in [0.5, 0.6) is 0 Å². The Kier molecular flexibility index (Phi) is 3.49. The third-order valence-electron chi connectivity index (χ3n) is 2.03. The molecule has 2 heterocycles. The molecule has 0 aliphatic heterocycles. The van der Waals surface area contributed by atoms with Gasteiger partial charge in [0.2, 0.25) is 5.89 Å². The molecule has 0 aliphatic rings. The maximum atomic E-state index is 5.51. The fourth-order valence-electron chi connectivity index (χ4n) is 1.26. The summed E-state index contributed by atoms with van der Waals surface area (Å²) in [7, 11) is 0. The average Bonchev–Trinajstić information content (AvgIpc) is 2.83. The van der Waals surface area contributed by atoms with E-state index in [1.54, 1.807) is 6.20 Å². The van der Waals surface area contributed by atoms with Gasteiger partial charge in [0.05, 0.1) is 6.20 Å². The molecule has 0 atom stereocenters. The van der Waals surface area contributed by atoms with Crippen LogP contribution in [-0.2, 0) is 6.42 Å². The second kappa shape index (κ2) is 4.89. The van der Waals surface area contributed by atoms with Crippen molar-refractivity contribution in [3.05, 3.63) is 12.1 Å². The average molecular weight is 253 g/mol. The second-order valence-electron chi connectivity index (χ2n) is 4.71. The highest BCUT2D eigenvalue weighted by Crippen LogP contribution is 2.19. The number of nitrogens with one attached hydrogen (secondary N) is 1. The van der Waals surface area contributed by atoms with Gasteiger partial charge in [-0.3, -0.25) is 0 Å². The van der Waals surface area contributed by atoms with Crippen LogP contribution in [0, 0.1) is 0 Å². The fraction of sp³-hybridized carbons (Fsp3) is 0.600. The van der Waals surface area contributed by atoms with Crippen molar-refractivity contribution in [3.63, 3.8) is 0 Å². The Morgan fingerprint density at radius 1 is 1.35 bits per heavy atom. The van der Waals surface area contributed by atoms with Gasteiger partial charge in [-0.05, 0) is 32.3 Å². The zero-order chi connectivity index (χ0) is 12.3. The van der Waals surface area contributed by atoms with Crippen molar-refractivity contribution < 1.29 is 4.42 Å². The molecule has 0 spiro atoms. The summed E-state index contributed by atoms with van der Waals surface area (Å²) in [6.07, 6.45) is 2.34. The molecule has 7 heteroatoms. The Balaban J connectivity index is 1.91. The van der Waals surface area contributed by atoms with Crippen molar-refractivity contribution in [1.82, 2.24) is 25.1 Å². The lowest BCUT2D eigenvalue weighted by molar-refractivity contribution is 0.412. The van der Waals surface area contributed by atoms with Gasteiger partial charge in [0.25, 0.3) is 5.89 Å². The summed E-state index contributed by atoms with van der Waals surface area (Å²) in [5.74, 6) is 1.12. The van der Waals surface area contributed by atoms with Crippen LogP contribution in [0.4, 0.5) is 0 Å². The highest BCUT2D eigenvalue weighted by molar-refractivity contribution is 7.09. The van der Waals surface area contributed by atoms with Crippen molar-refractivity contribution in [2.75, 3.05) is 6.54 Å². The van der Waals surface area contributed by atoms with Crippen molar-refractivity contribution in [2.24, 2.45) is 0 Å². The first kappa shape index (κ1) is 12.1. The maximum absolute atomic E-state index is 5.51. The van der Waals surface area contributed by atoms with Crippen molar-refractivity contribution in [2.45, 2.75) is 32.7 Å². The van der Waals surface area contributed by atoms with Gasteiger partial charge < -0.3 is 9.73 Å². The summed E-state index contributed by atoms with van der Waals surface area (Å²) < 4.78 is 9.26. The number of nitrogens with zero attached hydrogens (tertiary/aromatic N) is 4. The predicted molar refractivity (Wildman–Crippen MR) is 64.7 cm³/mol. The molecule has 0 saturated carbocycles. The van der Waals surface area contributed by atoms with E-state index in [1.807, 2.05) is 0 Å². The summed E-state index contributed by atoms with van der Waals surface area (Å²) in [6.45, 7) is 7.17. The van der Waals surface area contributed by atoms with E-state index in [1.165, 1.54) is 11.5 Å². The van der Waals surface area contributed by atoms with Crippen LogP contribution in [0.1, 0.15) is 26.7 Å². The summed E-state index contributed by atoms with van der Waals surface area (Å²) in [5, 5.41) is 15.0. The largest absolute Gasteiger partial charge is 0.420 e. The zero-order valence-corrected chi connectivity index (χ0v) is 10.9. The van der Waals surface area contributed by atoms with Crippen LogP contribution >= 0.6 is 11.5 Å². The van der Waals surface area contributed by atoms with Gasteiger partial charge in [-0.15, -0.1) is 15.3 Å². The molecule has 17 heavy (non-hydrogen) atoms. The van der Waals surface area contributed by atoms with Crippen LogP contribution in [0.25, 0.3) is 10.8 Å². The van der Waals surface area contributed by atoms with Crippen LogP contribution in [0.3, 0.4) is 0 Å². The lowest BCUT2D eigenvalue weighted by atomic mass is 10.1. The molecule has 6 nitrogen and oxygen atoms in total. The van der Waals surface area contributed by atoms with Gasteiger partial charge >= 0.3 is 0 Å². The molecule has 2 aromatic rings. The monoisotopic (exact) mass is 253 g/mol. The van der Waals surface area contributed by atoms with Gasteiger partial charge in [0, 0.05) is 18.5 Å². The Morgan fingerprint density at radius 2 is 2.18 bits per heavy atom. The van der Waals surface area contributed by atoms with Gasteiger partial charge in [-0.2, -0.15) is 0 Å². The van der Waals surface area contributed by atoms with E-state index in [0.717, 1.165) is 17.8 Å². The van der Waals surface area contributed by atoms with Crippen molar-refractivity contribution in [1.29, 1.82) is 0 Å². The first-order valence-electron chi connectivity index (χ1n) is 5.40. The molecule has 0 saturated heterocycles. The highest BCUT2D eigenvalue weighted by Gasteiger charge is 2.12. The summed E-state index contributed by atoms with van der Waals surface area (Å²) >= 11 is 1.24. The van der Waals surface area contributed by atoms with Gasteiger partial charge in [-0.1, -0.05) is 4.49 Å². The van der Waals surface area contributed by atoms with Gasteiger partial charge in [0.1, 0.15) is 4.88 Å². The van der Waals surface area contributed by atoms with E-state index in [-0.39, 0.29) is 5.54 Å². The van der Waals surface area contributed by atoms with E-state index in [2.05, 4.69) is 45.9 Å². The lowest BCUT2D eigenvalue weighted by Gasteiger charge is -2.19. The molecule has 2 aromatic heterocycles. The first-order valence-corrected chi connectivity index (χ1v) is 6.17. The summed E-state index contributed by atoms with van der Waals surface area (Å²) in [5.41, 5.74) is 0.102. The van der Waals surface area contributed by atoms with Gasteiger partial charge in [-0.25, -0.2) is 0 Å². The normalized spacial score (nSPS) is 11.9. The van der Waals surface area contributed by atoms with Crippen LogP contribution in [-0.4, -0.2) is 31.9 Å². The number of aromatic nitrogens is 4. The Labute approximate surface area is 104 Å².